The molecular formula is C30H29NO6. The van der Waals surface area contributed by atoms with Crippen LogP contribution in [0, 0.1) is 4.91 Å². The summed E-state index contributed by atoms with van der Waals surface area (Å²) in [5, 5.41) is 14.7. The molecule has 0 fully saturated rings. The third kappa shape index (κ3) is 4.62. The monoisotopic (exact) mass is 499 g/mol. The maximum absolute atomic E-state index is 13.8. The summed E-state index contributed by atoms with van der Waals surface area (Å²) in [4.78, 5) is 24.5. The zero-order valence-corrected chi connectivity index (χ0v) is 21.1. The summed E-state index contributed by atoms with van der Waals surface area (Å²) in [5.74, 6) is 1.000. The number of hydrogen-bond donors (Lipinski definition) is 1. The Morgan fingerprint density at radius 2 is 1.81 bits per heavy atom. The van der Waals surface area contributed by atoms with E-state index in [0.717, 1.165) is 24.0 Å². The quantitative estimate of drug-likeness (QED) is 0.386. The number of benzene rings is 3. The lowest BCUT2D eigenvalue weighted by Gasteiger charge is -2.36. The standard InChI is InChI=1S/C30H29NO6/c1-4-5-19-8-12-24(26(16-19)35-17-20-6-9-21(31-34)10-7-20)30(33)18-36-27-22-14-15-29(2,3)37-25(22)13-11-23(27)28(30)32/h6-16,33H,4-5,17-18H2,1-3H3. The van der Waals surface area contributed by atoms with E-state index >= 15 is 0 Å². The minimum absolute atomic E-state index is 0.189. The number of nitrogens with zero attached hydrogens (tertiary/aromatic N) is 1. The van der Waals surface area contributed by atoms with Gasteiger partial charge in [-0.25, -0.2) is 0 Å². The zero-order chi connectivity index (χ0) is 26.2. The zero-order valence-electron chi connectivity index (χ0n) is 21.1. The molecule has 0 saturated heterocycles. The van der Waals surface area contributed by atoms with Crippen molar-refractivity contribution in [2.75, 3.05) is 6.61 Å². The maximum atomic E-state index is 13.8. The highest BCUT2D eigenvalue weighted by Gasteiger charge is 2.47. The van der Waals surface area contributed by atoms with Gasteiger partial charge in [-0.2, -0.15) is 0 Å². The number of nitroso groups, excluding NO2 is 1. The molecule has 0 aromatic heterocycles. The van der Waals surface area contributed by atoms with Gasteiger partial charge >= 0.3 is 0 Å². The normalized spacial score (nSPS) is 19.3. The molecule has 1 unspecified atom stereocenters. The molecule has 7 heteroatoms. The van der Waals surface area contributed by atoms with Gasteiger partial charge in [-0.15, -0.1) is 4.91 Å². The fourth-order valence-corrected chi connectivity index (χ4v) is 4.72. The van der Waals surface area contributed by atoms with E-state index in [1.165, 1.54) is 0 Å². The predicted octanol–water partition coefficient (Wildman–Crippen LogP) is 6.26. The van der Waals surface area contributed by atoms with Gasteiger partial charge in [0.05, 0.1) is 11.1 Å². The number of carbonyl (C=O) groups is 1. The molecule has 3 aromatic carbocycles. The molecule has 0 aliphatic carbocycles. The number of rotatable bonds is 7. The van der Waals surface area contributed by atoms with Crippen molar-refractivity contribution < 1.29 is 24.1 Å². The van der Waals surface area contributed by atoms with Crippen LogP contribution in [-0.4, -0.2) is 23.1 Å². The molecule has 0 bridgehead atoms. The van der Waals surface area contributed by atoms with Crippen LogP contribution in [0.1, 0.15) is 59.8 Å². The Balaban J connectivity index is 1.49. The number of hydrogen-bond acceptors (Lipinski definition) is 7. The minimum Gasteiger partial charge on any atom is -0.488 e. The van der Waals surface area contributed by atoms with Crippen LogP contribution in [0.4, 0.5) is 5.69 Å². The molecule has 7 nitrogen and oxygen atoms in total. The second kappa shape index (κ2) is 9.48. The lowest BCUT2D eigenvalue weighted by atomic mass is 9.82. The first kappa shape index (κ1) is 24.7. The van der Waals surface area contributed by atoms with Crippen molar-refractivity contribution in [2.24, 2.45) is 5.18 Å². The second-order valence-corrected chi connectivity index (χ2v) is 10.00. The number of ketones is 1. The van der Waals surface area contributed by atoms with Crippen LogP contribution >= 0.6 is 0 Å². The highest BCUT2D eigenvalue weighted by molar-refractivity contribution is 6.07. The first-order valence-corrected chi connectivity index (χ1v) is 12.4. The van der Waals surface area contributed by atoms with Crippen molar-refractivity contribution >= 4 is 17.5 Å². The molecule has 5 rings (SSSR count). The number of ether oxygens (including phenoxy) is 3. The summed E-state index contributed by atoms with van der Waals surface area (Å²) in [6.45, 7) is 5.92. The Hall–Kier alpha value is -3.97. The number of carbonyl (C=O) groups excluding carboxylic acids is 1. The van der Waals surface area contributed by atoms with Crippen LogP contribution in [0.5, 0.6) is 17.2 Å². The topological polar surface area (TPSA) is 94.4 Å². The molecular weight excluding hydrogens is 470 g/mol. The van der Waals surface area contributed by atoms with Gasteiger partial charge in [0.1, 0.15) is 41.8 Å². The third-order valence-corrected chi connectivity index (χ3v) is 6.69. The summed E-state index contributed by atoms with van der Waals surface area (Å²) in [6, 6.07) is 15.6. The highest BCUT2D eigenvalue weighted by atomic mass is 16.5. The predicted molar refractivity (Wildman–Crippen MR) is 141 cm³/mol. The van der Waals surface area contributed by atoms with Crippen LogP contribution in [0.25, 0.3) is 6.08 Å². The molecule has 0 saturated carbocycles. The largest absolute Gasteiger partial charge is 0.488 e. The van der Waals surface area contributed by atoms with E-state index in [1.807, 2.05) is 38.1 Å². The van der Waals surface area contributed by atoms with Gasteiger partial charge in [0.2, 0.25) is 5.78 Å². The van der Waals surface area contributed by atoms with Crippen molar-refractivity contribution in [3.8, 4) is 17.2 Å². The number of aliphatic hydroxyl groups is 1. The lowest BCUT2D eigenvalue weighted by molar-refractivity contribution is -0.00690. The van der Waals surface area contributed by atoms with Crippen LogP contribution in [0.3, 0.4) is 0 Å². The Labute approximate surface area is 215 Å². The van der Waals surface area contributed by atoms with E-state index < -0.39 is 17.0 Å². The van der Waals surface area contributed by atoms with Gasteiger partial charge in [0.25, 0.3) is 0 Å². The van der Waals surface area contributed by atoms with E-state index in [-0.39, 0.29) is 13.2 Å². The Morgan fingerprint density at radius 3 is 2.54 bits per heavy atom. The molecule has 2 heterocycles. The van der Waals surface area contributed by atoms with E-state index in [4.69, 9.17) is 14.2 Å². The average molecular weight is 500 g/mol. The number of aryl methyl sites for hydroxylation is 1. The van der Waals surface area contributed by atoms with E-state index in [1.54, 1.807) is 42.5 Å². The van der Waals surface area contributed by atoms with Gasteiger partial charge in [-0.3, -0.25) is 4.79 Å². The van der Waals surface area contributed by atoms with Crippen molar-refractivity contribution in [1.29, 1.82) is 0 Å². The SMILES string of the molecule is CCCc1ccc(C2(O)COc3c(ccc4c3C=CC(C)(C)O4)C2=O)c(OCc2ccc(N=O)cc2)c1. The molecule has 0 radical (unpaired) electrons. The van der Waals surface area contributed by atoms with Gasteiger partial charge in [0, 0.05) is 5.56 Å². The Bertz CT molecular complexity index is 1390. The number of fused-ring (bicyclic) bond motifs is 3. The van der Waals surface area contributed by atoms with E-state index in [9.17, 15) is 14.8 Å². The van der Waals surface area contributed by atoms with Crippen molar-refractivity contribution in [2.45, 2.75) is 51.4 Å². The minimum atomic E-state index is -1.93. The van der Waals surface area contributed by atoms with Crippen molar-refractivity contribution in [3.05, 3.63) is 93.4 Å². The number of Topliss-reactive ketones (excluding diaryl/α,β-unsaturated/α-hetero) is 1. The van der Waals surface area contributed by atoms with Crippen LogP contribution in [-0.2, 0) is 18.6 Å². The van der Waals surface area contributed by atoms with Gasteiger partial charge in [0.15, 0.2) is 5.60 Å². The fourth-order valence-electron chi connectivity index (χ4n) is 4.72. The van der Waals surface area contributed by atoms with Crippen LogP contribution < -0.4 is 14.2 Å². The van der Waals surface area contributed by atoms with E-state index in [0.29, 0.717) is 39.6 Å². The van der Waals surface area contributed by atoms with E-state index in [2.05, 4.69) is 12.1 Å². The maximum Gasteiger partial charge on any atom is 0.206 e. The highest BCUT2D eigenvalue weighted by Crippen LogP contribution is 2.45. The molecule has 0 spiro atoms. The molecule has 1 N–H and O–H groups in total. The van der Waals surface area contributed by atoms with Crippen molar-refractivity contribution in [3.63, 3.8) is 0 Å². The second-order valence-electron chi connectivity index (χ2n) is 10.00. The summed E-state index contributed by atoms with van der Waals surface area (Å²) in [7, 11) is 0. The van der Waals surface area contributed by atoms with Gasteiger partial charge in [-0.05, 0) is 79.1 Å². The Morgan fingerprint density at radius 1 is 1.05 bits per heavy atom. The summed E-state index contributed by atoms with van der Waals surface area (Å²) in [5.41, 5.74) is 1.13. The Kier molecular flexibility index (Phi) is 6.33. The smallest absolute Gasteiger partial charge is 0.206 e. The molecule has 1 atom stereocenters. The van der Waals surface area contributed by atoms with Crippen molar-refractivity contribution in [1.82, 2.24) is 0 Å². The molecule has 3 aromatic rings. The molecule has 190 valence electrons. The van der Waals surface area contributed by atoms with Gasteiger partial charge < -0.3 is 19.3 Å². The molecule has 37 heavy (non-hydrogen) atoms. The fraction of sp³-hybridized carbons (Fsp3) is 0.300. The summed E-state index contributed by atoms with van der Waals surface area (Å²) in [6.07, 6.45) is 5.59. The third-order valence-electron chi connectivity index (χ3n) is 6.69. The summed E-state index contributed by atoms with van der Waals surface area (Å²) < 4.78 is 18.2. The average Bonchev–Trinajstić information content (AvgIpc) is 2.89. The summed E-state index contributed by atoms with van der Waals surface area (Å²) >= 11 is 0. The van der Waals surface area contributed by atoms with Crippen LogP contribution in [0.15, 0.2) is 65.9 Å². The molecule has 0 amide bonds. The first-order chi connectivity index (χ1) is 17.7. The molecule has 2 aliphatic heterocycles. The lowest BCUT2D eigenvalue weighted by Crippen LogP contribution is -2.45. The molecule has 2 aliphatic rings. The first-order valence-electron chi connectivity index (χ1n) is 12.4. The van der Waals surface area contributed by atoms with Crippen LogP contribution in [0.2, 0.25) is 0 Å². The van der Waals surface area contributed by atoms with Gasteiger partial charge in [-0.1, -0.05) is 37.6 Å².